The van der Waals surface area contributed by atoms with Gasteiger partial charge in [0.1, 0.15) is 19.8 Å². The maximum Gasteiger partial charge on any atom is 0.472 e. The largest absolute Gasteiger partial charge is 0.472 e. The minimum atomic E-state index is -4.40. The second-order valence-electron chi connectivity index (χ2n) is 23.8. The topological polar surface area (TPSA) is 108 Å². The minimum Gasteiger partial charge on any atom is -0.462 e. The molecule has 0 fully saturated rings. The molecule has 1 N–H and O–H groups in total. The van der Waals surface area contributed by atoms with Gasteiger partial charge < -0.3 is 18.9 Å². The van der Waals surface area contributed by atoms with Crippen LogP contribution in [0.4, 0.5) is 0 Å². The fourth-order valence-corrected chi connectivity index (χ4v) is 9.82. The van der Waals surface area contributed by atoms with Crippen molar-refractivity contribution in [3.05, 3.63) is 146 Å². The summed E-state index contributed by atoms with van der Waals surface area (Å²) in [6.07, 6.45) is 96.5. The molecule has 0 aromatic carbocycles. The van der Waals surface area contributed by atoms with Crippen LogP contribution in [0.25, 0.3) is 0 Å². The van der Waals surface area contributed by atoms with E-state index >= 15 is 0 Å². The van der Waals surface area contributed by atoms with Crippen molar-refractivity contribution in [3.63, 3.8) is 0 Å². The Morgan fingerprint density at radius 2 is 0.663 bits per heavy atom. The summed E-state index contributed by atoms with van der Waals surface area (Å²) in [6.45, 7) is 4.30. The molecule has 0 saturated carbocycles. The summed E-state index contributed by atoms with van der Waals surface area (Å²) >= 11 is 0. The van der Waals surface area contributed by atoms with Crippen LogP contribution >= 0.6 is 7.82 Å². The van der Waals surface area contributed by atoms with Gasteiger partial charge in [-0.3, -0.25) is 18.6 Å². The molecule has 490 valence electrons. The molecule has 0 aliphatic heterocycles. The van der Waals surface area contributed by atoms with Crippen LogP contribution in [0.2, 0.25) is 0 Å². The molecule has 0 aromatic heterocycles. The van der Waals surface area contributed by atoms with Crippen molar-refractivity contribution >= 4 is 19.8 Å². The van der Waals surface area contributed by atoms with E-state index < -0.39 is 26.5 Å². The number of phosphoric ester groups is 1. The molecular formula is C76H129NO8P+. The highest BCUT2D eigenvalue weighted by Crippen LogP contribution is 2.43. The number of carbonyl (C=O) groups is 2. The number of ether oxygens (including phenoxy) is 2. The molecule has 0 amide bonds. The van der Waals surface area contributed by atoms with E-state index in [0.717, 1.165) is 116 Å². The summed E-state index contributed by atoms with van der Waals surface area (Å²) in [5.74, 6) is -0.813. The Balaban J connectivity index is 4.13. The zero-order valence-electron chi connectivity index (χ0n) is 55.7. The summed E-state index contributed by atoms with van der Waals surface area (Å²) in [5.41, 5.74) is 0. The SMILES string of the molecule is CC/C=C\C/C=C\C/C=C\C/C=C\C/C=C\C/C=C\C/C=C\C/C=C\C/C=C\C/C=C\CCCCCCCCCCC(=O)OC(COC(=O)CCCCCCCCCCCCC/C=C\C/C=C\CCCCCCC)COP(=O)(O)OCC[N+](C)(C)C. The molecule has 0 aliphatic rings. The van der Waals surface area contributed by atoms with Gasteiger partial charge in [-0.25, -0.2) is 4.57 Å². The van der Waals surface area contributed by atoms with Gasteiger partial charge in [-0.1, -0.05) is 282 Å². The average Bonchev–Trinajstić information content (AvgIpc) is 3.56. The van der Waals surface area contributed by atoms with E-state index in [-0.39, 0.29) is 32.0 Å². The quantitative estimate of drug-likeness (QED) is 0.0211. The molecular weight excluding hydrogens is 1090 g/mol. The van der Waals surface area contributed by atoms with Crippen LogP contribution in [-0.2, 0) is 32.7 Å². The van der Waals surface area contributed by atoms with Gasteiger partial charge in [0.15, 0.2) is 6.10 Å². The molecule has 0 saturated heterocycles. The van der Waals surface area contributed by atoms with Crippen molar-refractivity contribution in [3.8, 4) is 0 Å². The van der Waals surface area contributed by atoms with Crippen LogP contribution in [0.1, 0.15) is 271 Å². The summed E-state index contributed by atoms with van der Waals surface area (Å²) in [4.78, 5) is 35.8. The molecule has 0 bridgehead atoms. The predicted octanol–water partition coefficient (Wildman–Crippen LogP) is 22.6. The molecule has 0 radical (unpaired) electrons. The Bertz CT molecular complexity index is 1960. The van der Waals surface area contributed by atoms with E-state index in [2.05, 4.69) is 160 Å². The van der Waals surface area contributed by atoms with Crippen LogP contribution in [0.15, 0.2) is 146 Å². The first-order valence-electron chi connectivity index (χ1n) is 34.6. The summed E-state index contributed by atoms with van der Waals surface area (Å²) in [7, 11) is 1.46. The van der Waals surface area contributed by atoms with Gasteiger partial charge in [0.2, 0.25) is 0 Å². The first-order valence-corrected chi connectivity index (χ1v) is 36.1. The van der Waals surface area contributed by atoms with Crippen molar-refractivity contribution in [1.82, 2.24) is 0 Å². The van der Waals surface area contributed by atoms with Crippen molar-refractivity contribution in [2.24, 2.45) is 0 Å². The molecule has 10 heteroatoms. The molecule has 0 heterocycles. The molecule has 0 spiro atoms. The Kier molecular flexibility index (Phi) is 62.2. The number of phosphoric acid groups is 1. The van der Waals surface area contributed by atoms with Gasteiger partial charge in [0.25, 0.3) is 0 Å². The van der Waals surface area contributed by atoms with Crippen LogP contribution in [0.5, 0.6) is 0 Å². The Morgan fingerprint density at radius 3 is 0.988 bits per heavy atom. The first-order chi connectivity index (χ1) is 42.0. The number of nitrogens with zero attached hydrogens (tertiary/aromatic N) is 1. The fraction of sp³-hybridized carbons (Fsp3) is 0.658. The third-order valence-corrected chi connectivity index (χ3v) is 15.3. The first kappa shape index (κ1) is 81.9. The van der Waals surface area contributed by atoms with Crippen LogP contribution in [0.3, 0.4) is 0 Å². The van der Waals surface area contributed by atoms with Crippen molar-refractivity contribution in [1.29, 1.82) is 0 Å². The van der Waals surface area contributed by atoms with Crippen LogP contribution < -0.4 is 0 Å². The average molecular weight is 1220 g/mol. The maximum atomic E-state index is 12.9. The maximum absolute atomic E-state index is 12.9. The smallest absolute Gasteiger partial charge is 0.462 e. The third kappa shape index (κ3) is 69.0. The van der Waals surface area contributed by atoms with Gasteiger partial charge in [0, 0.05) is 12.8 Å². The Hall–Kier alpha value is -4.11. The van der Waals surface area contributed by atoms with E-state index in [1.165, 1.54) is 122 Å². The van der Waals surface area contributed by atoms with Crippen LogP contribution in [-0.4, -0.2) is 74.9 Å². The Morgan fingerprint density at radius 1 is 0.372 bits per heavy atom. The van der Waals surface area contributed by atoms with E-state index in [1.54, 1.807) is 0 Å². The van der Waals surface area contributed by atoms with Gasteiger partial charge >= 0.3 is 19.8 Å². The fourth-order valence-electron chi connectivity index (χ4n) is 9.07. The second kappa shape index (κ2) is 65.3. The molecule has 86 heavy (non-hydrogen) atoms. The number of rotatable bonds is 62. The lowest BCUT2D eigenvalue weighted by atomic mass is 10.0. The molecule has 0 aromatic rings. The molecule has 2 atom stereocenters. The number of likely N-dealkylation sites (N-methyl/N-ethyl adjacent to an activating group) is 1. The zero-order valence-corrected chi connectivity index (χ0v) is 56.6. The lowest BCUT2D eigenvalue weighted by molar-refractivity contribution is -0.870. The van der Waals surface area contributed by atoms with Gasteiger partial charge in [-0.05, 0) is 122 Å². The standard InChI is InChI=1S/C76H128NO8P/c1-6-8-10-12-14-16-18-20-22-24-26-28-30-31-32-33-34-35-36-37-38-39-40-41-42-43-44-45-47-49-51-53-55-57-59-61-63-65-67-69-76(79)85-74(73-84-86(80,81)83-71-70-77(3,4)5)72-82-75(78)68-66-64-62-60-58-56-54-52-50-48-46-29-27-25-23-21-19-17-15-13-11-9-7-2/h8,10,14,16,19-22,25-28,31-32,34-35,37-38,40-41,43-44,47,49,74H,6-7,9,11-13,15,17-18,23-24,29-30,33,36,39,42,45-46,48,50-73H2,1-5H3/p+1/b10-8-,16-14-,21-19-,22-20-,27-25-,28-26-,32-31-,35-34-,38-37-,41-40-,44-43-,49-47-. The third-order valence-electron chi connectivity index (χ3n) is 14.4. The van der Waals surface area contributed by atoms with Crippen molar-refractivity contribution in [2.45, 2.75) is 277 Å². The number of carbonyl (C=O) groups excluding carboxylic acids is 2. The number of allylic oxidation sites excluding steroid dienone is 24. The predicted molar refractivity (Wildman–Crippen MR) is 371 cm³/mol. The number of hydrogen-bond acceptors (Lipinski definition) is 7. The Labute approximate surface area is 529 Å². The summed E-state index contributed by atoms with van der Waals surface area (Å²) < 4.78 is 34.7. The molecule has 2 unspecified atom stereocenters. The number of esters is 2. The van der Waals surface area contributed by atoms with Gasteiger partial charge in [-0.2, -0.15) is 0 Å². The highest BCUT2D eigenvalue weighted by Gasteiger charge is 2.27. The monoisotopic (exact) mass is 1210 g/mol. The zero-order chi connectivity index (χ0) is 62.6. The highest BCUT2D eigenvalue weighted by atomic mass is 31.2. The number of quaternary nitrogens is 1. The molecule has 9 nitrogen and oxygen atoms in total. The van der Waals surface area contributed by atoms with E-state index in [0.29, 0.717) is 17.4 Å². The van der Waals surface area contributed by atoms with Crippen molar-refractivity contribution in [2.75, 3.05) is 47.5 Å². The van der Waals surface area contributed by atoms with E-state index in [9.17, 15) is 19.0 Å². The van der Waals surface area contributed by atoms with E-state index in [4.69, 9.17) is 18.5 Å². The van der Waals surface area contributed by atoms with Crippen LogP contribution in [0, 0.1) is 0 Å². The van der Waals surface area contributed by atoms with E-state index in [1.807, 2.05) is 21.1 Å². The molecule has 0 rings (SSSR count). The van der Waals surface area contributed by atoms with Gasteiger partial charge in [-0.15, -0.1) is 0 Å². The van der Waals surface area contributed by atoms with Crippen molar-refractivity contribution < 1.29 is 42.1 Å². The lowest BCUT2D eigenvalue weighted by Gasteiger charge is -2.24. The number of hydrogen-bond donors (Lipinski definition) is 1. The highest BCUT2D eigenvalue weighted by molar-refractivity contribution is 7.47. The second-order valence-corrected chi connectivity index (χ2v) is 25.3. The molecule has 0 aliphatic carbocycles. The van der Waals surface area contributed by atoms with Gasteiger partial charge in [0.05, 0.1) is 27.7 Å². The summed E-state index contributed by atoms with van der Waals surface area (Å²) in [5, 5.41) is 0. The normalized spacial score (nSPS) is 14.1. The summed E-state index contributed by atoms with van der Waals surface area (Å²) in [6, 6.07) is 0. The minimum absolute atomic E-state index is 0.0230. The number of unbranched alkanes of at least 4 members (excludes halogenated alkanes) is 24. The lowest BCUT2D eigenvalue weighted by Crippen LogP contribution is -2.37.